The second-order valence-electron chi connectivity index (χ2n) is 9.10. The highest BCUT2D eigenvalue weighted by Crippen LogP contribution is 2.23. The summed E-state index contributed by atoms with van der Waals surface area (Å²) < 4.78 is 5.95. The highest BCUT2D eigenvalue weighted by atomic mass is 16.6. The molecule has 0 radical (unpaired) electrons. The lowest BCUT2D eigenvalue weighted by Crippen LogP contribution is -2.59. The molecule has 2 aliphatic heterocycles. The van der Waals surface area contributed by atoms with E-state index in [1.165, 1.54) is 5.56 Å². The fourth-order valence-electron chi connectivity index (χ4n) is 4.77. The maximum atomic E-state index is 13.0. The molecule has 0 unspecified atom stereocenters. The zero-order valence-electron chi connectivity index (χ0n) is 19.5. The maximum absolute atomic E-state index is 13.0. The van der Waals surface area contributed by atoms with Gasteiger partial charge >= 0.3 is 6.09 Å². The predicted molar refractivity (Wildman–Crippen MR) is 126 cm³/mol. The molecule has 1 aromatic carbocycles. The fourth-order valence-corrected chi connectivity index (χ4v) is 4.77. The Bertz CT molecular complexity index is 856. The van der Waals surface area contributed by atoms with Gasteiger partial charge in [0.25, 0.3) is 0 Å². The van der Waals surface area contributed by atoms with Crippen LogP contribution < -0.4 is 4.90 Å². The monoisotopic (exact) mass is 437 g/mol. The van der Waals surface area contributed by atoms with Crippen molar-refractivity contribution in [1.29, 1.82) is 0 Å². The van der Waals surface area contributed by atoms with Crippen LogP contribution in [0.1, 0.15) is 44.7 Å². The summed E-state index contributed by atoms with van der Waals surface area (Å²) in [5, 5.41) is 0. The second kappa shape index (κ2) is 10.3. The van der Waals surface area contributed by atoms with Crippen molar-refractivity contribution in [3.63, 3.8) is 0 Å². The number of carbonyl (C=O) groups is 1. The van der Waals surface area contributed by atoms with Crippen molar-refractivity contribution in [3.05, 3.63) is 53.9 Å². The molecular weight excluding hydrogens is 402 g/mol. The number of benzene rings is 1. The Balaban J connectivity index is 1.27. The van der Waals surface area contributed by atoms with Crippen molar-refractivity contribution >= 4 is 12.0 Å². The van der Waals surface area contributed by atoms with Crippen LogP contribution in [-0.4, -0.2) is 70.2 Å². The molecule has 0 saturated carbocycles. The van der Waals surface area contributed by atoms with Crippen LogP contribution in [0.15, 0.2) is 42.7 Å². The first-order valence-electron chi connectivity index (χ1n) is 11.8. The lowest BCUT2D eigenvalue weighted by molar-refractivity contribution is 0.00996. The Hall–Kier alpha value is -2.67. The third-order valence-electron chi connectivity index (χ3n) is 6.56. The Kier molecular flexibility index (Phi) is 7.25. The second-order valence-corrected chi connectivity index (χ2v) is 9.10. The minimum Gasteiger partial charge on any atom is -0.446 e. The van der Waals surface area contributed by atoms with Crippen molar-refractivity contribution in [1.82, 2.24) is 19.8 Å². The first-order chi connectivity index (χ1) is 15.5. The van der Waals surface area contributed by atoms with Gasteiger partial charge in [-0.3, -0.25) is 9.80 Å². The average molecular weight is 438 g/mol. The van der Waals surface area contributed by atoms with E-state index in [1.807, 2.05) is 23.4 Å². The number of piperazine rings is 1. The first-order valence-corrected chi connectivity index (χ1v) is 11.8. The van der Waals surface area contributed by atoms with E-state index in [4.69, 9.17) is 4.74 Å². The highest BCUT2D eigenvalue weighted by molar-refractivity contribution is 5.69. The van der Waals surface area contributed by atoms with Crippen LogP contribution in [-0.2, 0) is 17.7 Å². The zero-order chi connectivity index (χ0) is 22.5. The van der Waals surface area contributed by atoms with Gasteiger partial charge in [0, 0.05) is 45.1 Å². The zero-order valence-corrected chi connectivity index (χ0v) is 19.5. The molecule has 2 atom stereocenters. The number of likely N-dealkylation sites (tertiary alicyclic amines) is 1. The Morgan fingerprint density at radius 3 is 2.22 bits per heavy atom. The number of piperidine rings is 1. The molecule has 1 amide bonds. The summed E-state index contributed by atoms with van der Waals surface area (Å²) in [4.78, 5) is 28.6. The molecule has 2 fully saturated rings. The number of carbonyl (C=O) groups excluding carboxylic acids is 1. The van der Waals surface area contributed by atoms with Crippen LogP contribution in [0.4, 0.5) is 10.7 Å². The number of amides is 1. The number of anilines is 1. The third-order valence-corrected chi connectivity index (χ3v) is 6.56. The van der Waals surface area contributed by atoms with Crippen molar-refractivity contribution in [2.45, 2.75) is 64.8 Å². The molecule has 2 saturated heterocycles. The lowest BCUT2D eigenvalue weighted by Gasteiger charge is -2.44. The molecule has 172 valence electrons. The molecular formula is C25H35N5O2. The van der Waals surface area contributed by atoms with E-state index in [0.717, 1.165) is 50.4 Å². The summed E-state index contributed by atoms with van der Waals surface area (Å²) in [6.07, 6.45) is 6.30. The molecule has 0 N–H and O–H groups in total. The van der Waals surface area contributed by atoms with Gasteiger partial charge in [0.05, 0.1) is 12.1 Å². The van der Waals surface area contributed by atoms with Crippen LogP contribution in [0.2, 0.25) is 0 Å². The number of aryl methyl sites for hydroxylation is 1. The SMILES string of the molecule is CCc1cnc(N2C[C@@H](C)N(C(=O)OC3CCN(Cc4ccccc4)CC3)[C@@H](C)C2)nc1. The van der Waals surface area contributed by atoms with Gasteiger partial charge in [-0.05, 0) is 44.2 Å². The Labute approximate surface area is 191 Å². The lowest BCUT2D eigenvalue weighted by atomic mass is 10.1. The van der Waals surface area contributed by atoms with Crippen LogP contribution in [0, 0.1) is 0 Å². The van der Waals surface area contributed by atoms with Gasteiger partial charge in [-0.15, -0.1) is 0 Å². The predicted octanol–water partition coefficient (Wildman–Crippen LogP) is 3.74. The van der Waals surface area contributed by atoms with Gasteiger partial charge in [-0.1, -0.05) is 37.3 Å². The van der Waals surface area contributed by atoms with E-state index in [9.17, 15) is 4.79 Å². The summed E-state index contributed by atoms with van der Waals surface area (Å²) in [5.41, 5.74) is 2.46. The van der Waals surface area contributed by atoms with Crippen molar-refractivity contribution in [3.8, 4) is 0 Å². The molecule has 2 aromatic rings. The fraction of sp³-hybridized carbons (Fsp3) is 0.560. The molecule has 0 aliphatic carbocycles. The minimum absolute atomic E-state index is 0.00289. The van der Waals surface area contributed by atoms with E-state index in [1.54, 1.807) is 0 Å². The summed E-state index contributed by atoms with van der Waals surface area (Å²) >= 11 is 0. The van der Waals surface area contributed by atoms with Crippen LogP contribution in [0.3, 0.4) is 0 Å². The number of hydrogen-bond donors (Lipinski definition) is 0. The van der Waals surface area contributed by atoms with Crippen LogP contribution in [0.5, 0.6) is 0 Å². The Morgan fingerprint density at radius 2 is 1.62 bits per heavy atom. The van der Waals surface area contributed by atoms with Gasteiger partial charge in [-0.2, -0.15) is 0 Å². The molecule has 1 aromatic heterocycles. The van der Waals surface area contributed by atoms with Crippen molar-refractivity contribution in [2.75, 3.05) is 31.1 Å². The topological polar surface area (TPSA) is 61.8 Å². The molecule has 0 spiro atoms. The van der Waals surface area contributed by atoms with Crippen molar-refractivity contribution < 1.29 is 9.53 Å². The van der Waals surface area contributed by atoms with E-state index in [-0.39, 0.29) is 24.3 Å². The first kappa shape index (κ1) is 22.5. The quantitative estimate of drug-likeness (QED) is 0.710. The van der Waals surface area contributed by atoms with Gasteiger partial charge in [0.1, 0.15) is 6.10 Å². The third kappa shape index (κ3) is 5.38. The van der Waals surface area contributed by atoms with Crippen LogP contribution in [0.25, 0.3) is 0 Å². The maximum Gasteiger partial charge on any atom is 0.410 e. The van der Waals surface area contributed by atoms with E-state index >= 15 is 0 Å². The van der Waals surface area contributed by atoms with Gasteiger partial charge in [-0.25, -0.2) is 14.8 Å². The van der Waals surface area contributed by atoms with Gasteiger partial charge in [0.2, 0.25) is 5.95 Å². The largest absolute Gasteiger partial charge is 0.446 e. The van der Waals surface area contributed by atoms with Crippen LogP contribution >= 0.6 is 0 Å². The summed E-state index contributed by atoms with van der Waals surface area (Å²) in [6, 6.07) is 10.6. The Morgan fingerprint density at radius 1 is 1.00 bits per heavy atom. The number of hydrogen-bond acceptors (Lipinski definition) is 6. The van der Waals surface area contributed by atoms with Gasteiger partial charge in [0.15, 0.2) is 0 Å². The number of nitrogens with zero attached hydrogens (tertiary/aromatic N) is 5. The number of ether oxygens (including phenoxy) is 1. The van der Waals surface area contributed by atoms with Gasteiger partial charge < -0.3 is 9.64 Å². The molecule has 4 rings (SSSR count). The normalized spacial score (nSPS) is 22.7. The van der Waals surface area contributed by atoms with E-state index in [0.29, 0.717) is 13.1 Å². The van der Waals surface area contributed by atoms with E-state index in [2.05, 4.69) is 64.8 Å². The molecule has 0 bridgehead atoms. The summed E-state index contributed by atoms with van der Waals surface area (Å²) in [5.74, 6) is 0.736. The minimum atomic E-state index is -0.187. The highest BCUT2D eigenvalue weighted by Gasteiger charge is 2.36. The smallest absolute Gasteiger partial charge is 0.410 e. The standard InChI is InChI=1S/C25H35N5O2/c1-4-21-14-26-24(27-15-21)29-16-19(2)30(20(3)17-29)25(31)32-23-10-12-28(13-11-23)18-22-8-6-5-7-9-22/h5-9,14-15,19-20,23H,4,10-13,16-18H2,1-3H3/t19-,20+. The molecule has 32 heavy (non-hydrogen) atoms. The number of rotatable bonds is 5. The summed E-state index contributed by atoms with van der Waals surface area (Å²) in [7, 11) is 0. The summed E-state index contributed by atoms with van der Waals surface area (Å²) in [6.45, 7) is 10.5. The average Bonchev–Trinajstić information content (AvgIpc) is 2.80. The molecule has 3 heterocycles. The van der Waals surface area contributed by atoms with E-state index < -0.39 is 0 Å². The number of aromatic nitrogens is 2. The molecule has 7 heteroatoms. The molecule has 7 nitrogen and oxygen atoms in total. The molecule has 2 aliphatic rings. The van der Waals surface area contributed by atoms with Crippen molar-refractivity contribution in [2.24, 2.45) is 0 Å².